The number of rotatable bonds is 5. The molecule has 0 spiro atoms. The van der Waals surface area contributed by atoms with E-state index >= 15 is 0 Å². The number of benzene rings is 1. The maximum Gasteiger partial charge on any atom is 0.408 e. The van der Waals surface area contributed by atoms with E-state index in [1.54, 1.807) is 0 Å². The first-order valence-corrected chi connectivity index (χ1v) is 6.99. The Morgan fingerprint density at radius 1 is 1.35 bits per heavy atom. The molecule has 1 aromatic rings. The van der Waals surface area contributed by atoms with Crippen molar-refractivity contribution in [2.45, 2.75) is 52.2 Å². The minimum atomic E-state index is -0.517. The summed E-state index contributed by atoms with van der Waals surface area (Å²) in [6.45, 7) is 7.63. The van der Waals surface area contributed by atoms with Crippen LogP contribution in [0.2, 0.25) is 0 Å². The van der Waals surface area contributed by atoms with Gasteiger partial charge in [0, 0.05) is 6.61 Å². The van der Waals surface area contributed by atoms with Crippen LogP contribution in [0.25, 0.3) is 0 Å². The van der Waals surface area contributed by atoms with Crippen molar-refractivity contribution in [3.63, 3.8) is 0 Å². The van der Waals surface area contributed by atoms with Gasteiger partial charge in [-0.3, -0.25) is 0 Å². The topological polar surface area (TPSA) is 58.6 Å². The summed E-state index contributed by atoms with van der Waals surface area (Å²) in [6, 6.07) is 7.78. The molecule has 4 nitrogen and oxygen atoms in total. The summed E-state index contributed by atoms with van der Waals surface area (Å²) in [4.78, 5) is 11.9. The molecule has 0 aliphatic carbocycles. The lowest BCUT2D eigenvalue weighted by atomic mass is 9.98. The fourth-order valence-electron chi connectivity index (χ4n) is 2.03. The van der Waals surface area contributed by atoms with Crippen LogP contribution in [0.15, 0.2) is 24.3 Å². The van der Waals surface area contributed by atoms with Crippen LogP contribution in [0.3, 0.4) is 0 Å². The molecule has 0 bridgehead atoms. The number of amides is 1. The van der Waals surface area contributed by atoms with Gasteiger partial charge in [-0.15, -0.1) is 0 Å². The van der Waals surface area contributed by atoms with Crippen LogP contribution >= 0.6 is 0 Å². The SMILES string of the molecule is Cc1ccccc1[C@H](CCCO)NC(=O)OC(C)(C)C. The lowest BCUT2D eigenvalue weighted by Gasteiger charge is -2.24. The average molecular weight is 279 g/mol. The zero-order valence-electron chi connectivity index (χ0n) is 12.8. The monoisotopic (exact) mass is 279 g/mol. The fraction of sp³-hybridized carbons (Fsp3) is 0.562. The summed E-state index contributed by atoms with van der Waals surface area (Å²) in [7, 11) is 0. The average Bonchev–Trinajstić information content (AvgIpc) is 2.33. The Kier molecular flexibility index (Phi) is 6.02. The van der Waals surface area contributed by atoms with Crippen LogP contribution in [-0.4, -0.2) is 23.4 Å². The van der Waals surface area contributed by atoms with Gasteiger partial charge in [0.2, 0.25) is 0 Å². The van der Waals surface area contributed by atoms with Crippen LogP contribution < -0.4 is 5.32 Å². The smallest absolute Gasteiger partial charge is 0.408 e. The van der Waals surface area contributed by atoms with Crippen molar-refractivity contribution in [2.24, 2.45) is 0 Å². The minimum Gasteiger partial charge on any atom is -0.444 e. The van der Waals surface area contributed by atoms with Crippen molar-refractivity contribution < 1.29 is 14.6 Å². The van der Waals surface area contributed by atoms with Crippen LogP contribution in [0, 0.1) is 6.92 Å². The number of aliphatic hydroxyl groups excluding tert-OH is 1. The summed E-state index contributed by atoms with van der Waals surface area (Å²) in [5.74, 6) is 0. The third kappa shape index (κ3) is 5.61. The van der Waals surface area contributed by atoms with Crippen molar-refractivity contribution in [1.29, 1.82) is 0 Å². The highest BCUT2D eigenvalue weighted by atomic mass is 16.6. The molecule has 112 valence electrons. The Balaban J connectivity index is 2.80. The number of nitrogens with one attached hydrogen (secondary N) is 1. The summed E-state index contributed by atoms with van der Waals surface area (Å²) in [5, 5.41) is 11.9. The molecule has 0 radical (unpaired) electrons. The Morgan fingerprint density at radius 3 is 2.55 bits per heavy atom. The highest BCUT2D eigenvalue weighted by Crippen LogP contribution is 2.22. The van der Waals surface area contributed by atoms with Crippen LogP contribution in [-0.2, 0) is 4.74 Å². The van der Waals surface area contributed by atoms with Crippen molar-refractivity contribution in [3.05, 3.63) is 35.4 Å². The lowest BCUT2D eigenvalue weighted by molar-refractivity contribution is 0.0498. The maximum absolute atomic E-state index is 11.9. The highest BCUT2D eigenvalue weighted by Gasteiger charge is 2.21. The molecule has 1 atom stereocenters. The van der Waals surface area contributed by atoms with Crippen molar-refractivity contribution >= 4 is 6.09 Å². The molecule has 1 amide bonds. The maximum atomic E-state index is 11.9. The number of hydrogen-bond donors (Lipinski definition) is 2. The number of aliphatic hydroxyl groups is 1. The minimum absolute atomic E-state index is 0.110. The first kappa shape index (κ1) is 16.5. The zero-order valence-corrected chi connectivity index (χ0v) is 12.8. The normalized spacial score (nSPS) is 12.8. The van der Waals surface area contributed by atoms with Gasteiger partial charge in [-0.1, -0.05) is 24.3 Å². The number of hydrogen-bond acceptors (Lipinski definition) is 3. The van der Waals surface area contributed by atoms with Crippen LogP contribution in [0.1, 0.15) is 50.8 Å². The zero-order chi connectivity index (χ0) is 15.2. The predicted octanol–water partition coefficient (Wildman–Crippen LogP) is 3.33. The highest BCUT2D eigenvalue weighted by molar-refractivity contribution is 5.68. The van der Waals surface area contributed by atoms with E-state index in [2.05, 4.69) is 5.32 Å². The molecule has 4 heteroatoms. The van der Waals surface area contributed by atoms with E-state index < -0.39 is 11.7 Å². The van der Waals surface area contributed by atoms with Gasteiger partial charge >= 0.3 is 6.09 Å². The van der Waals surface area contributed by atoms with Gasteiger partial charge in [0.15, 0.2) is 0 Å². The van der Waals surface area contributed by atoms with E-state index in [4.69, 9.17) is 9.84 Å². The van der Waals surface area contributed by atoms with E-state index in [9.17, 15) is 4.79 Å². The Morgan fingerprint density at radius 2 is 2.00 bits per heavy atom. The van der Waals surface area contributed by atoms with Gasteiger partial charge in [0.1, 0.15) is 5.60 Å². The summed E-state index contributed by atoms with van der Waals surface area (Å²) >= 11 is 0. The Bertz CT molecular complexity index is 438. The van der Waals surface area contributed by atoms with E-state index in [1.165, 1.54) is 0 Å². The second-order valence-corrected chi connectivity index (χ2v) is 5.92. The van der Waals surface area contributed by atoms with E-state index in [0.717, 1.165) is 11.1 Å². The summed E-state index contributed by atoms with van der Waals surface area (Å²) in [6.07, 6.45) is 0.888. The molecule has 0 fully saturated rings. The molecular weight excluding hydrogens is 254 g/mol. The van der Waals surface area contributed by atoms with E-state index in [0.29, 0.717) is 12.8 Å². The Labute approximate surface area is 121 Å². The molecule has 0 unspecified atom stereocenters. The number of carbonyl (C=O) groups excluding carboxylic acids is 1. The van der Waals surface area contributed by atoms with E-state index in [-0.39, 0.29) is 12.6 Å². The molecule has 0 saturated heterocycles. The lowest BCUT2D eigenvalue weighted by Crippen LogP contribution is -2.35. The molecule has 0 saturated carbocycles. The molecule has 2 N–H and O–H groups in total. The van der Waals surface area contributed by atoms with Gasteiger partial charge in [-0.05, 0) is 51.7 Å². The first-order valence-electron chi connectivity index (χ1n) is 6.99. The molecular formula is C16H25NO3. The number of carbonyl (C=O) groups is 1. The van der Waals surface area contributed by atoms with Gasteiger partial charge in [0.05, 0.1) is 6.04 Å². The van der Waals surface area contributed by atoms with Crippen LogP contribution in [0.5, 0.6) is 0 Å². The molecule has 0 heterocycles. The van der Waals surface area contributed by atoms with Crippen LogP contribution in [0.4, 0.5) is 4.79 Å². The van der Waals surface area contributed by atoms with Gasteiger partial charge in [-0.25, -0.2) is 4.79 Å². The van der Waals surface area contributed by atoms with Gasteiger partial charge < -0.3 is 15.2 Å². The molecule has 0 aliphatic rings. The standard InChI is InChI=1S/C16H25NO3/c1-12-8-5-6-9-13(12)14(10-7-11-18)17-15(19)20-16(2,3)4/h5-6,8-9,14,18H,7,10-11H2,1-4H3,(H,17,19)/t14-/m0/s1. The first-order chi connectivity index (χ1) is 9.33. The van der Waals surface area contributed by atoms with Crippen molar-refractivity contribution in [2.75, 3.05) is 6.61 Å². The van der Waals surface area contributed by atoms with Crippen molar-refractivity contribution in [3.8, 4) is 0 Å². The van der Waals surface area contributed by atoms with Crippen molar-refractivity contribution in [1.82, 2.24) is 5.32 Å². The number of ether oxygens (including phenoxy) is 1. The third-order valence-electron chi connectivity index (χ3n) is 2.91. The summed E-state index contributed by atoms with van der Waals surface area (Å²) in [5.41, 5.74) is 1.66. The molecule has 0 aromatic heterocycles. The van der Waals surface area contributed by atoms with Gasteiger partial charge in [-0.2, -0.15) is 0 Å². The van der Waals surface area contributed by atoms with Gasteiger partial charge in [0.25, 0.3) is 0 Å². The third-order valence-corrected chi connectivity index (χ3v) is 2.91. The molecule has 0 aliphatic heterocycles. The molecule has 1 rings (SSSR count). The largest absolute Gasteiger partial charge is 0.444 e. The summed E-state index contributed by atoms with van der Waals surface area (Å²) < 4.78 is 5.30. The quantitative estimate of drug-likeness (QED) is 0.869. The number of alkyl carbamates (subject to hydrolysis) is 1. The predicted molar refractivity (Wildman–Crippen MR) is 79.6 cm³/mol. The van der Waals surface area contributed by atoms with E-state index in [1.807, 2.05) is 52.0 Å². The molecule has 1 aromatic carbocycles. The second kappa shape index (κ2) is 7.29. The number of aryl methyl sites for hydroxylation is 1. The fourth-order valence-corrected chi connectivity index (χ4v) is 2.03. The Hall–Kier alpha value is -1.55. The second-order valence-electron chi connectivity index (χ2n) is 5.92. The molecule has 20 heavy (non-hydrogen) atoms.